The van der Waals surface area contributed by atoms with Gasteiger partial charge < -0.3 is 4.84 Å². The maximum Gasteiger partial charge on any atom is 0.331 e. The second kappa shape index (κ2) is 5.22. The molecule has 1 amide bonds. The van der Waals surface area contributed by atoms with Crippen LogP contribution in [0.4, 0.5) is 0 Å². The van der Waals surface area contributed by atoms with Crippen molar-refractivity contribution in [3.8, 4) is 0 Å². The molecule has 0 rings (SSSR count). The Morgan fingerprint density at radius 3 is 2.60 bits per heavy atom. The van der Waals surface area contributed by atoms with E-state index in [0.29, 0.717) is 0 Å². The standard InChI is InChI=1S/C5H8BrNO3/c1-2-5(9)10-7-4(8)3-6/h2-3H2,1H3,(H,7,8). The fourth-order valence-electron chi connectivity index (χ4n) is 0.213. The van der Waals surface area contributed by atoms with Crippen LogP contribution in [0, 0.1) is 0 Å². The summed E-state index contributed by atoms with van der Waals surface area (Å²) in [5.74, 6) is -0.823. The van der Waals surface area contributed by atoms with Crippen LogP contribution >= 0.6 is 15.9 Å². The van der Waals surface area contributed by atoms with E-state index in [4.69, 9.17) is 0 Å². The zero-order chi connectivity index (χ0) is 7.98. The normalized spacial score (nSPS) is 8.60. The van der Waals surface area contributed by atoms with Crippen molar-refractivity contribution < 1.29 is 14.4 Å². The summed E-state index contributed by atoms with van der Waals surface area (Å²) in [5.41, 5.74) is 1.95. The van der Waals surface area contributed by atoms with Gasteiger partial charge in [0.15, 0.2) is 0 Å². The second-order valence-electron chi connectivity index (χ2n) is 1.49. The molecule has 0 aliphatic carbocycles. The van der Waals surface area contributed by atoms with Gasteiger partial charge >= 0.3 is 5.97 Å². The van der Waals surface area contributed by atoms with Crippen molar-refractivity contribution in [1.82, 2.24) is 5.48 Å². The lowest BCUT2D eigenvalue weighted by Crippen LogP contribution is -2.27. The fourth-order valence-corrected chi connectivity index (χ4v) is 0.328. The zero-order valence-electron chi connectivity index (χ0n) is 5.52. The minimum atomic E-state index is -0.450. The van der Waals surface area contributed by atoms with E-state index in [2.05, 4.69) is 20.8 Å². The van der Waals surface area contributed by atoms with E-state index in [1.54, 1.807) is 6.92 Å². The van der Waals surface area contributed by atoms with E-state index >= 15 is 0 Å². The third-order valence-corrected chi connectivity index (χ3v) is 1.20. The van der Waals surface area contributed by atoms with E-state index in [-0.39, 0.29) is 17.7 Å². The molecule has 0 fully saturated rings. The van der Waals surface area contributed by atoms with Crippen LogP contribution in [0.25, 0.3) is 0 Å². The zero-order valence-corrected chi connectivity index (χ0v) is 7.10. The van der Waals surface area contributed by atoms with Crippen LogP contribution in [0.5, 0.6) is 0 Å². The Morgan fingerprint density at radius 2 is 2.20 bits per heavy atom. The van der Waals surface area contributed by atoms with Crippen molar-refractivity contribution in [3.05, 3.63) is 0 Å². The fraction of sp³-hybridized carbons (Fsp3) is 0.600. The smallest absolute Gasteiger partial charge is 0.331 e. The first-order valence-corrected chi connectivity index (χ1v) is 3.87. The molecule has 0 saturated carbocycles. The number of hydrogen-bond acceptors (Lipinski definition) is 3. The number of rotatable bonds is 2. The van der Waals surface area contributed by atoms with Gasteiger partial charge in [-0.1, -0.05) is 22.9 Å². The van der Waals surface area contributed by atoms with Crippen molar-refractivity contribution in [2.24, 2.45) is 0 Å². The Bertz CT molecular complexity index is 121. The van der Waals surface area contributed by atoms with Crippen LogP contribution in [0.3, 0.4) is 0 Å². The Hall–Kier alpha value is -0.580. The molecule has 0 spiro atoms. The number of halogens is 1. The molecule has 5 heteroatoms. The SMILES string of the molecule is CCC(=O)ONC(=O)CBr. The Labute approximate surface area is 67.0 Å². The second-order valence-corrected chi connectivity index (χ2v) is 2.05. The van der Waals surface area contributed by atoms with Crippen LogP contribution in [0.2, 0.25) is 0 Å². The van der Waals surface area contributed by atoms with Crippen molar-refractivity contribution in [2.45, 2.75) is 13.3 Å². The maximum atomic E-state index is 10.4. The molecule has 0 aromatic carbocycles. The third kappa shape index (κ3) is 4.31. The van der Waals surface area contributed by atoms with Crippen LogP contribution in [-0.2, 0) is 14.4 Å². The van der Waals surface area contributed by atoms with E-state index in [1.807, 2.05) is 5.48 Å². The molecule has 0 aromatic heterocycles. The summed E-state index contributed by atoms with van der Waals surface area (Å²) in [7, 11) is 0. The van der Waals surface area contributed by atoms with Gasteiger partial charge in [0, 0.05) is 6.42 Å². The molecular formula is C5H8BrNO3. The van der Waals surface area contributed by atoms with Gasteiger partial charge in [-0.3, -0.25) is 4.79 Å². The van der Waals surface area contributed by atoms with E-state index in [0.717, 1.165) is 0 Å². The monoisotopic (exact) mass is 209 g/mol. The van der Waals surface area contributed by atoms with Crippen LogP contribution < -0.4 is 5.48 Å². The van der Waals surface area contributed by atoms with Crippen molar-refractivity contribution in [3.63, 3.8) is 0 Å². The van der Waals surface area contributed by atoms with E-state index in [1.165, 1.54) is 0 Å². The lowest BCUT2D eigenvalue weighted by molar-refractivity contribution is -0.156. The molecule has 0 aliphatic rings. The van der Waals surface area contributed by atoms with Gasteiger partial charge in [0.25, 0.3) is 5.91 Å². The molecule has 1 N–H and O–H groups in total. The van der Waals surface area contributed by atoms with E-state index < -0.39 is 5.97 Å². The van der Waals surface area contributed by atoms with Crippen LogP contribution in [0.1, 0.15) is 13.3 Å². The van der Waals surface area contributed by atoms with Gasteiger partial charge in [-0.2, -0.15) is 5.48 Å². The minimum absolute atomic E-state index is 0.129. The lowest BCUT2D eigenvalue weighted by atomic mass is 10.5. The predicted octanol–water partition coefficient (Wildman–Crippen LogP) is 0.366. The highest BCUT2D eigenvalue weighted by atomic mass is 79.9. The molecular weight excluding hydrogens is 202 g/mol. The number of carbonyl (C=O) groups is 2. The van der Waals surface area contributed by atoms with Crippen LogP contribution in [0.15, 0.2) is 0 Å². The highest BCUT2D eigenvalue weighted by Gasteiger charge is 2.01. The number of alkyl halides is 1. The summed E-state index contributed by atoms with van der Waals surface area (Å²) in [6, 6.07) is 0. The molecule has 0 bridgehead atoms. The molecule has 0 aliphatic heterocycles. The average Bonchev–Trinajstić information content (AvgIpc) is 1.99. The average molecular weight is 210 g/mol. The first kappa shape index (κ1) is 9.42. The molecule has 0 radical (unpaired) electrons. The molecule has 0 unspecified atom stereocenters. The highest BCUT2D eigenvalue weighted by molar-refractivity contribution is 9.09. The van der Waals surface area contributed by atoms with Crippen molar-refractivity contribution in [2.75, 3.05) is 5.33 Å². The number of hydrogen-bond donors (Lipinski definition) is 1. The van der Waals surface area contributed by atoms with Gasteiger partial charge in [0.1, 0.15) is 0 Å². The van der Waals surface area contributed by atoms with E-state index in [9.17, 15) is 9.59 Å². The molecule has 58 valence electrons. The number of amides is 1. The lowest BCUT2D eigenvalue weighted by Gasteiger charge is -2.00. The molecule has 0 atom stereocenters. The number of hydroxylamine groups is 1. The third-order valence-electron chi connectivity index (χ3n) is 0.689. The summed E-state index contributed by atoms with van der Waals surface area (Å²) >= 11 is 2.88. The van der Waals surface area contributed by atoms with Crippen LogP contribution in [-0.4, -0.2) is 17.2 Å². The van der Waals surface area contributed by atoms with Gasteiger partial charge in [-0.05, 0) is 0 Å². The molecule has 10 heavy (non-hydrogen) atoms. The Kier molecular flexibility index (Phi) is 4.92. The number of nitrogens with one attached hydrogen (secondary N) is 1. The van der Waals surface area contributed by atoms with Crippen molar-refractivity contribution >= 4 is 27.8 Å². The summed E-state index contributed by atoms with van der Waals surface area (Å²) in [5, 5.41) is 0.129. The quantitative estimate of drug-likeness (QED) is 0.529. The molecule has 0 aromatic rings. The molecule has 0 saturated heterocycles. The maximum absolute atomic E-state index is 10.4. The summed E-state index contributed by atoms with van der Waals surface area (Å²) in [6.07, 6.45) is 0.253. The molecule has 4 nitrogen and oxygen atoms in total. The Morgan fingerprint density at radius 1 is 1.60 bits per heavy atom. The topological polar surface area (TPSA) is 55.4 Å². The molecule has 0 heterocycles. The first-order valence-electron chi connectivity index (χ1n) is 2.75. The van der Waals surface area contributed by atoms with Gasteiger partial charge in [0.05, 0.1) is 5.33 Å². The summed E-state index contributed by atoms with van der Waals surface area (Å²) in [4.78, 5) is 25.1. The van der Waals surface area contributed by atoms with Gasteiger partial charge in [-0.25, -0.2) is 4.79 Å². The number of carbonyl (C=O) groups excluding carboxylic acids is 2. The van der Waals surface area contributed by atoms with Gasteiger partial charge in [0.2, 0.25) is 0 Å². The highest BCUT2D eigenvalue weighted by Crippen LogP contribution is 1.82. The minimum Gasteiger partial charge on any atom is -0.341 e. The first-order chi connectivity index (χ1) is 4.70. The van der Waals surface area contributed by atoms with Crippen molar-refractivity contribution in [1.29, 1.82) is 0 Å². The summed E-state index contributed by atoms with van der Waals surface area (Å²) in [6.45, 7) is 1.64. The van der Waals surface area contributed by atoms with Gasteiger partial charge in [-0.15, -0.1) is 0 Å². The Balaban J connectivity index is 3.35. The largest absolute Gasteiger partial charge is 0.341 e. The summed E-state index contributed by atoms with van der Waals surface area (Å²) < 4.78 is 0. The predicted molar refractivity (Wildman–Crippen MR) is 38.3 cm³/mol.